The van der Waals surface area contributed by atoms with E-state index in [2.05, 4.69) is 14.9 Å². The maximum absolute atomic E-state index is 5.88. The molecular formula is C13H20ClN3. The number of nitrogens with zero attached hydrogens (tertiary/aromatic N) is 3. The van der Waals surface area contributed by atoms with Crippen LogP contribution < -0.4 is 4.90 Å². The Labute approximate surface area is 108 Å². The topological polar surface area (TPSA) is 29.0 Å². The lowest BCUT2D eigenvalue weighted by Gasteiger charge is -2.35. The largest absolute Gasteiger partial charge is 0.338 e. The van der Waals surface area contributed by atoms with E-state index < -0.39 is 0 Å². The van der Waals surface area contributed by atoms with Gasteiger partial charge in [-0.05, 0) is 45.6 Å². The summed E-state index contributed by atoms with van der Waals surface area (Å²) in [5.74, 6) is 1.60. The lowest BCUT2D eigenvalue weighted by Crippen LogP contribution is -2.41. The molecular weight excluding hydrogens is 234 g/mol. The summed E-state index contributed by atoms with van der Waals surface area (Å²) in [6.07, 6.45) is 4.76. The third-order valence-electron chi connectivity index (χ3n) is 3.30. The Bertz CT molecular complexity index is 359. The molecule has 3 nitrogen and oxygen atoms in total. The van der Waals surface area contributed by atoms with Crippen molar-refractivity contribution in [2.75, 3.05) is 17.3 Å². The van der Waals surface area contributed by atoms with Crippen LogP contribution in [0.4, 0.5) is 5.95 Å². The van der Waals surface area contributed by atoms with Gasteiger partial charge in [0.1, 0.15) is 0 Å². The van der Waals surface area contributed by atoms with E-state index in [1.54, 1.807) is 0 Å². The van der Waals surface area contributed by atoms with Crippen molar-refractivity contribution >= 4 is 17.5 Å². The van der Waals surface area contributed by atoms with Crippen LogP contribution in [0.25, 0.3) is 0 Å². The molecule has 1 aliphatic heterocycles. The normalized spacial score (nSPS) is 20.6. The highest BCUT2D eigenvalue weighted by molar-refractivity contribution is 6.17. The van der Waals surface area contributed by atoms with E-state index in [9.17, 15) is 0 Å². The van der Waals surface area contributed by atoms with Gasteiger partial charge in [-0.15, -0.1) is 11.6 Å². The Morgan fingerprint density at radius 2 is 2.00 bits per heavy atom. The monoisotopic (exact) mass is 253 g/mol. The third-order valence-corrected chi connectivity index (χ3v) is 3.52. The molecule has 17 heavy (non-hydrogen) atoms. The lowest BCUT2D eigenvalue weighted by atomic mass is 10.0. The zero-order valence-electron chi connectivity index (χ0n) is 10.6. The number of aryl methyl sites for hydroxylation is 2. The smallest absolute Gasteiger partial charge is 0.226 e. The number of anilines is 1. The molecule has 1 saturated heterocycles. The van der Waals surface area contributed by atoms with Gasteiger partial charge in [0.05, 0.1) is 0 Å². The number of hydrogen-bond acceptors (Lipinski definition) is 3. The molecule has 0 bridgehead atoms. The van der Waals surface area contributed by atoms with Gasteiger partial charge < -0.3 is 4.90 Å². The molecule has 0 radical (unpaired) electrons. The first kappa shape index (κ1) is 12.6. The van der Waals surface area contributed by atoms with Crippen molar-refractivity contribution in [2.24, 2.45) is 0 Å². The molecule has 4 heteroatoms. The third kappa shape index (κ3) is 3.09. The Hall–Kier alpha value is -0.830. The van der Waals surface area contributed by atoms with Crippen LogP contribution in [-0.4, -0.2) is 28.4 Å². The summed E-state index contributed by atoms with van der Waals surface area (Å²) in [5.41, 5.74) is 2.09. The Balaban J connectivity index is 2.22. The minimum absolute atomic E-state index is 0.516. The zero-order chi connectivity index (χ0) is 12.3. The van der Waals surface area contributed by atoms with Crippen LogP contribution in [0.15, 0.2) is 6.07 Å². The molecule has 1 aromatic rings. The second-order valence-corrected chi connectivity index (χ2v) is 5.15. The zero-order valence-corrected chi connectivity index (χ0v) is 11.4. The molecule has 1 aliphatic rings. The number of rotatable bonds is 3. The highest BCUT2D eigenvalue weighted by Gasteiger charge is 2.24. The summed E-state index contributed by atoms with van der Waals surface area (Å²) in [5, 5.41) is 0. The minimum Gasteiger partial charge on any atom is -0.338 e. The van der Waals surface area contributed by atoms with Gasteiger partial charge in [0, 0.05) is 29.9 Å². The summed E-state index contributed by atoms with van der Waals surface area (Å²) >= 11 is 5.88. The maximum atomic E-state index is 5.88. The molecule has 0 amide bonds. The molecule has 0 aliphatic carbocycles. The van der Waals surface area contributed by atoms with E-state index in [4.69, 9.17) is 11.6 Å². The summed E-state index contributed by atoms with van der Waals surface area (Å²) in [6, 6.07) is 2.53. The molecule has 0 spiro atoms. The predicted octanol–water partition coefficient (Wildman–Crippen LogP) is 3.08. The fraction of sp³-hybridized carbons (Fsp3) is 0.692. The first-order valence-corrected chi connectivity index (χ1v) is 6.89. The molecule has 94 valence electrons. The van der Waals surface area contributed by atoms with Gasteiger partial charge in [-0.2, -0.15) is 0 Å². The second kappa shape index (κ2) is 5.67. The minimum atomic E-state index is 0.516. The number of aromatic nitrogens is 2. The molecule has 1 atom stereocenters. The number of hydrogen-bond donors (Lipinski definition) is 0. The maximum Gasteiger partial charge on any atom is 0.226 e. The fourth-order valence-electron chi connectivity index (χ4n) is 2.53. The van der Waals surface area contributed by atoms with Crippen LogP contribution in [0, 0.1) is 13.8 Å². The van der Waals surface area contributed by atoms with E-state index in [0.29, 0.717) is 11.9 Å². The molecule has 2 heterocycles. The van der Waals surface area contributed by atoms with Gasteiger partial charge in [-0.25, -0.2) is 9.97 Å². The second-order valence-electron chi connectivity index (χ2n) is 4.77. The van der Waals surface area contributed by atoms with Gasteiger partial charge in [-0.3, -0.25) is 0 Å². The Morgan fingerprint density at radius 1 is 1.29 bits per heavy atom. The van der Waals surface area contributed by atoms with E-state index >= 15 is 0 Å². The van der Waals surface area contributed by atoms with Crippen molar-refractivity contribution < 1.29 is 0 Å². The molecule has 0 aromatic carbocycles. The van der Waals surface area contributed by atoms with Crippen molar-refractivity contribution in [1.29, 1.82) is 0 Å². The molecule has 1 fully saturated rings. The summed E-state index contributed by atoms with van der Waals surface area (Å²) in [7, 11) is 0. The van der Waals surface area contributed by atoms with E-state index in [1.165, 1.54) is 19.3 Å². The summed E-state index contributed by atoms with van der Waals surface area (Å²) in [4.78, 5) is 11.5. The van der Waals surface area contributed by atoms with Crippen LogP contribution in [0.5, 0.6) is 0 Å². The van der Waals surface area contributed by atoms with Gasteiger partial charge in [0.15, 0.2) is 0 Å². The van der Waals surface area contributed by atoms with Crippen molar-refractivity contribution in [3.05, 3.63) is 17.5 Å². The summed E-state index contributed by atoms with van der Waals surface area (Å²) in [6.45, 7) is 5.11. The fourth-order valence-corrected chi connectivity index (χ4v) is 2.78. The predicted molar refractivity (Wildman–Crippen MR) is 71.8 cm³/mol. The Morgan fingerprint density at radius 3 is 2.65 bits per heavy atom. The van der Waals surface area contributed by atoms with Crippen LogP contribution in [0.3, 0.4) is 0 Å². The molecule has 1 unspecified atom stereocenters. The first-order valence-electron chi connectivity index (χ1n) is 6.35. The summed E-state index contributed by atoms with van der Waals surface area (Å²) < 4.78 is 0. The van der Waals surface area contributed by atoms with Gasteiger partial charge in [0.25, 0.3) is 0 Å². The SMILES string of the molecule is Cc1cc(C)nc(N2CCCCC2CCCl)n1. The van der Waals surface area contributed by atoms with E-state index in [-0.39, 0.29) is 0 Å². The van der Waals surface area contributed by atoms with E-state index in [1.807, 2.05) is 19.9 Å². The van der Waals surface area contributed by atoms with Crippen molar-refractivity contribution in [1.82, 2.24) is 9.97 Å². The number of piperidine rings is 1. The first-order chi connectivity index (χ1) is 8.20. The van der Waals surface area contributed by atoms with Crippen LogP contribution in [0.1, 0.15) is 37.1 Å². The van der Waals surface area contributed by atoms with Gasteiger partial charge in [-0.1, -0.05) is 0 Å². The molecule has 1 aromatic heterocycles. The highest BCUT2D eigenvalue weighted by Crippen LogP contribution is 2.24. The molecule has 0 N–H and O–H groups in total. The van der Waals surface area contributed by atoms with Gasteiger partial charge >= 0.3 is 0 Å². The quantitative estimate of drug-likeness (QED) is 0.776. The van der Waals surface area contributed by atoms with E-state index in [0.717, 1.165) is 30.3 Å². The van der Waals surface area contributed by atoms with Gasteiger partial charge in [0.2, 0.25) is 5.95 Å². The number of halogens is 1. The Kier molecular flexibility index (Phi) is 4.21. The average molecular weight is 254 g/mol. The lowest BCUT2D eigenvalue weighted by molar-refractivity contribution is 0.444. The van der Waals surface area contributed by atoms with Crippen LogP contribution in [0.2, 0.25) is 0 Å². The standard InChI is InChI=1S/C13H20ClN3/c1-10-9-11(2)16-13(15-10)17-8-4-3-5-12(17)6-7-14/h9,12H,3-8H2,1-2H3. The highest BCUT2D eigenvalue weighted by atomic mass is 35.5. The van der Waals surface area contributed by atoms with Crippen LogP contribution in [-0.2, 0) is 0 Å². The van der Waals surface area contributed by atoms with Crippen molar-refractivity contribution in [3.8, 4) is 0 Å². The van der Waals surface area contributed by atoms with Crippen molar-refractivity contribution in [3.63, 3.8) is 0 Å². The average Bonchev–Trinajstić information content (AvgIpc) is 2.29. The molecule has 2 rings (SSSR count). The molecule has 0 saturated carbocycles. The van der Waals surface area contributed by atoms with Crippen LogP contribution >= 0.6 is 11.6 Å². The number of alkyl halides is 1. The van der Waals surface area contributed by atoms with Crippen molar-refractivity contribution in [2.45, 2.75) is 45.6 Å².